The molecule has 0 amide bonds. The van der Waals surface area contributed by atoms with Crippen molar-refractivity contribution >= 4 is 11.3 Å². The van der Waals surface area contributed by atoms with E-state index in [1.807, 2.05) is 11.3 Å². The van der Waals surface area contributed by atoms with Gasteiger partial charge in [0.25, 0.3) is 0 Å². The lowest BCUT2D eigenvalue weighted by Crippen LogP contribution is -2.39. The van der Waals surface area contributed by atoms with Crippen LogP contribution in [0.5, 0.6) is 0 Å². The molecule has 1 N–H and O–H groups in total. The van der Waals surface area contributed by atoms with Crippen molar-refractivity contribution in [3.63, 3.8) is 0 Å². The van der Waals surface area contributed by atoms with E-state index in [4.69, 9.17) is 4.98 Å². The Labute approximate surface area is 122 Å². The molecule has 2 nitrogen and oxygen atoms in total. The quantitative estimate of drug-likeness (QED) is 0.896. The zero-order valence-corrected chi connectivity index (χ0v) is 13.6. The first kappa shape index (κ1) is 15.0. The van der Waals surface area contributed by atoms with Crippen molar-refractivity contribution in [3.05, 3.63) is 16.1 Å². The van der Waals surface area contributed by atoms with Gasteiger partial charge in [-0.1, -0.05) is 40.5 Å². The molecular formula is C16H28N2S. The third kappa shape index (κ3) is 4.03. The van der Waals surface area contributed by atoms with Gasteiger partial charge < -0.3 is 5.32 Å². The molecule has 19 heavy (non-hydrogen) atoms. The van der Waals surface area contributed by atoms with Gasteiger partial charge in [-0.2, -0.15) is 0 Å². The molecule has 1 aromatic rings. The van der Waals surface area contributed by atoms with Crippen molar-refractivity contribution in [2.45, 2.75) is 71.3 Å². The number of thiazole rings is 1. The minimum atomic E-state index is 0.183. The van der Waals surface area contributed by atoms with Gasteiger partial charge in [-0.3, -0.25) is 0 Å². The third-order valence-corrected chi connectivity index (χ3v) is 5.00. The Morgan fingerprint density at radius 2 is 2.05 bits per heavy atom. The van der Waals surface area contributed by atoms with Crippen LogP contribution >= 0.6 is 11.3 Å². The maximum Gasteiger partial charge on any atom is 0.0931 e. The lowest BCUT2D eigenvalue weighted by Gasteiger charge is -2.31. The predicted octanol–water partition coefficient (Wildman–Crippen LogP) is 4.15. The van der Waals surface area contributed by atoms with Gasteiger partial charge in [-0.15, -0.1) is 11.3 Å². The van der Waals surface area contributed by atoms with E-state index >= 15 is 0 Å². The fourth-order valence-corrected chi connectivity index (χ4v) is 4.07. The summed E-state index contributed by atoms with van der Waals surface area (Å²) in [6.45, 7) is 10.0. The van der Waals surface area contributed by atoms with E-state index in [1.165, 1.54) is 42.8 Å². The van der Waals surface area contributed by atoms with Crippen LogP contribution in [0.2, 0.25) is 0 Å². The Hall–Kier alpha value is -0.410. The molecule has 1 saturated carbocycles. The molecule has 1 fully saturated rings. The van der Waals surface area contributed by atoms with Crippen LogP contribution in [-0.4, -0.2) is 17.6 Å². The van der Waals surface area contributed by atoms with Crippen LogP contribution in [-0.2, 0) is 11.8 Å². The molecule has 1 aromatic heterocycles. The molecule has 2 unspecified atom stereocenters. The zero-order chi connectivity index (χ0) is 13.9. The molecule has 0 aliphatic heterocycles. The summed E-state index contributed by atoms with van der Waals surface area (Å²) in [5.41, 5.74) is 1.44. The summed E-state index contributed by atoms with van der Waals surface area (Å²) in [7, 11) is 0. The highest BCUT2D eigenvalue weighted by Gasteiger charge is 2.26. The topological polar surface area (TPSA) is 24.9 Å². The molecular weight excluding hydrogens is 252 g/mol. The van der Waals surface area contributed by atoms with Crippen LogP contribution in [0, 0.1) is 5.92 Å². The Morgan fingerprint density at radius 1 is 1.32 bits per heavy atom. The fourth-order valence-electron chi connectivity index (χ4n) is 2.96. The second-order valence-corrected chi connectivity index (χ2v) is 7.73. The SMILES string of the molecule is CCNC1CCCCC1Cc1nc(C(C)(C)C)cs1. The van der Waals surface area contributed by atoms with Crippen molar-refractivity contribution in [1.29, 1.82) is 0 Å². The molecule has 0 bridgehead atoms. The average Bonchev–Trinajstić information content (AvgIpc) is 2.80. The molecule has 2 rings (SSSR count). The van der Waals surface area contributed by atoms with Crippen LogP contribution in [0.25, 0.3) is 0 Å². The van der Waals surface area contributed by atoms with Crippen molar-refractivity contribution in [1.82, 2.24) is 10.3 Å². The maximum atomic E-state index is 4.86. The van der Waals surface area contributed by atoms with Gasteiger partial charge in [0.15, 0.2) is 0 Å². The maximum absolute atomic E-state index is 4.86. The second-order valence-electron chi connectivity index (χ2n) is 6.79. The summed E-state index contributed by atoms with van der Waals surface area (Å²) < 4.78 is 0. The minimum Gasteiger partial charge on any atom is -0.314 e. The Morgan fingerprint density at radius 3 is 2.68 bits per heavy atom. The van der Waals surface area contributed by atoms with E-state index in [2.05, 4.69) is 38.4 Å². The third-order valence-electron chi connectivity index (χ3n) is 4.13. The van der Waals surface area contributed by atoms with Gasteiger partial charge in [0, 0.05) is 23.3 Å². The van der Waals surface area contributed by atoms with Crippen molar-refractivity contribution in [2.24, 2.45) is 5.92 Å². The smallest absolute Gasteiger partial charge is 0.0931 e. The summed E-state index contributed by atoms with van der Waals surface area (Å²) in [6, 6.07) is 0.709. The highest BCUT2D eigenvalue weighted by atomic mass is 32.1. The fraction of sp³-hybridized carbons (Fsp3) is 0.812. The number of hydrogen-bond acceptors (Lipinski definition) is 3. The van der Waals surface area contributed by atoms with E-state index in [0.717, 1.165) is 12.5 Å². The second kappa shape index (κ2) is 6.36. The predicted molar refractivity (Wildman–Crippen MR) is 83.9 cm³/mol. The summed E-state index contributed by atoms with van der Waals surface area (Å²) in [4.78, 5) is 4.86. The molecule has 0 spiro atoms. The molecule has 108 valence electrons. The number of hydrogen-bond donors (Lipinski definition) is 1. The molecule has 1 heterocycles. The largest absolute Gasteiger partial charge is 0.314 e. The lowest BCUT2D eigenvalue weighted by atomic mass is 9.82. The molecule has 0 saturated heterocycles. The summed E-state index contributed by atoms with van der Waals surface area (Å²) in [5.74, 6) is 0.785. The molecule has 0 aromatic carbocycles. The van der Waals surface area contributed by atoms with E-state index in [-0.39, 0.29) is 5.41 Å². The molecule has 1 aliphatic carbocycles. The highest BCUT2D eigenvalue weighted by Crippen LogP contribution is 2.30. The number of rotatable bonds is 4. The van der Waals surface area contributed by atoms with E-state index in [9.17, 15) is 0 Å². The average molecular weight is 280 g/mol. The van der Waals surface area contributed by atoms with Crippen LogP contribution < -0.4 is 5.32 Å². The number of nitrogens with zero attached hydrogens (tertiary/aromatic N) is 1. The van der Waals surface area contributed by atoms with Gasteiger partial charge in [-0.25, -0.2) is 4.98 Å². The van der Waals surface area contributed by atoms with Gasteiger partial charge >= 0.3 is 0 Å². The first-order chi connectivity index (χ1) is 9.00. The van der Waals surface area contributed by atoms with Crippen molar-refractivity contribution in [2.75, 3.05) is 6.54 Å². The monoisotopic (exact) mass is 280 g/mol. The Kier molecular flexibility index (Phi) is 5.02. The minimum absolute atomic E-state index is 0.183. The molecule has 2 atom stereocenters. The lowest BCUT2D eigenvalue weighted by molar-refractivity contribution is 0.264. The zero-order valence-electron chi connectivity index (χ0n) is 12.8. The van der Waals surface area contributed by atoms with Crippen LogP contribution in [0.1, 0.15) is 64.1 Å². The van der Waals surface area contributed by atoms with Gasteiger partial charge in [0.2, 0.25) is 0 Å². The molecule has 3 heteroatoms. The van der Waals surface area contributed by atoms with Crippen LogP contribution in [0.15, 0.2) is 5.38 Å². The van der Waals surface area contributed by atoms with Gasteiger partial charge in [0.1, 0.15) is 0 Å². The first-order valence-corrected chi connectivity index (χ1v) is 8.57. The summed E-state index contributed by atoms with van der Waals surface area (Å²) in [6.07, 6.45) is 6.65. The van der Waals surface area contributed by atoms with Gasteiger partial charge in [-0.05, 0) is 25.3 Å². The Bertz CT molecular complexity index is 390. The van der Waals surface area contributed by atoms with E-state index in [1.54, 1.807) is 0 Å². The van der Waals surface area contributed by atoms with Gasteiger partial charge in [0.05, 0.1) is 10.7 Å². The van der Waals surface area contributed by atoms with Crippen LogP contribution in [0.3, 0.4) is 0 Å². The highest BCUT2D eigenvalue weighted by molar-refractivity contribution is 7.09. The standard InChI is InChI=1S/C16H28N2S/c1-5-17-13-9-7-6-8-12(13)10-15-18-14(11-19-15)16(2,3)4/h11-13,17H,5-10H2,1-4H3. The normalized spacial score (nSPS) is 24.6. The van der Waals surface area contributed by atoms with Crippen LogP contribution in [0.4, 0.5) is 0 Å². The van der Waals surface area contributed by atoms with Crippen molar-refractivity contribution < 1.29 is 0 Å². The van der Waals surface area contributed by atoms with E-state index in [0.29, 0.717) is 6.04 Å². The van der Waals surface area contributed by atoms with Crippen molar-refractivity contribution in [3.8, 4) is 0 Å². The molecule has 1 aliphatic rings. The number of aromatic nitrogens is 1. The Balaban J connectivity index is 2.00. The summed E-state index contributed by atoms with van der Waals surface area (Å²) >= 11 is 1.85. The summed E-state index contributed by atoms with van der Waals surface area (Å²) in [5, 5.41) is 7.25. The first-order valence-electron chi connectivity index (χ1n) is 7.69. The van der Waals surface area contributed by atoms with E-state index < -0.39 is 0 Å². The molecule has 0 radical (unpaired) electrons. The number of nitrogens with one attached hydrogen (secondary N) is 1.